The molecule has 0 fully saturated rings. The van der Waals surface area contributed by atoms with Crippen LogP contribution in [-0.4, -0.2) is 64.9 Å². The average Bonchev–Trinajstić information content (AvgIpc) is 2.95. The highest BCUT2D eigenvalue weighted by Gasteiger charge is 2.31. The van der Waals surface area contributed by atoms with Gasteiger partial charge < -0.3 is 25.4 Å². The van der Waals surface area contributed by atoms with Crippen LogP contribution in [0.3, 0.4) is 0 Å². The van der Waals surface area contributed by atoms with Crippen LogP contribution in [0.25, 0.3) is 0 Å². The molecular formula is C33H40F3N3O4. The van der Waals surface area contributed by atoms with E-state index in [1.165, 1.54) is 23.1 Å². The number of hydrogen-bond donors (Lipinski definition) is 2. The standard InChI is InChI=1S/C33H40F3N3O4/c1-4-14-38(15-5-2)31(41)26-16-23(3)17-27(20-26)32(42)39(21-24-10-7-6-8-11-24)22-30(40)29(37)19-25-12-9-13-28(18-25)43-33(34,35)36/h6-13,16-18,20,29-30,40H,4-5,14-15,19,21-22,37H2,1-3H3/t29-,30+/m0/s1. The Morgan fingerprint density at radius 2 is 1.44 bits per heavy atom. The number of nitrogens with zero attached hydrogens (tertiary/aromatic N) is 2. The van der Waals surface area contributed by atoms with E-state index in [-0.39, 0.29) is 37.1 Å². The van der Waals surface area contributed by atoms with E-state index in [0.717, 1.165) is 24.0 Å². The van der Waals surface area contributed by atoms with Crippen LogP contribution < -0.4 is 10.5 Å². The van der Waals surface area contributed by atoms with E-state index >= 15 is 0 Å². The van der Waals surface area contributed by atoms with Crippen molar-refractivity contribution >= 4 is 11.8 Å². The van der Waals surface area contributed by atoms with Gasteiger partial charge in [-0.05, 0) is 73.2 Å². The molecule has 0 saturated heterocycles. The number of alkyl halides is 3. The fraction of sp³-hybridized carbons (Fsp3) is 0.394. The SMILES string of the molecule is CCCN(CCC)C(=O)c1cc(C)cc(C(=O)N(Cc2ccccc2)C[C@@H](O)[C@@H](N)Cc2cccc(OC(F)(F)F)c2)c1. The molecule has 0 heterocycles. The lowest BCUT2D eigenvalue weighted by molar-refractivity contribution is -0.274. The van der Waals surface area contributed by atoms with Crippen LogP contribution in [0.1, 0.15) is 64.1 Å². The fourth-order valence-electron chi connectivity index (χ4n) is 4.91. The molecule has 2 atom stereocenters. The molecule has 3 aromatic carbocycles. The molecule has 232 valence electrons. The monoisotopic (exact) mass is 599 g/mol. The quantitative estimate of drug-likeness (QED) is 0.247. The van der Waals surface area contributed by atoms with Gasteiger partial charge in [0.1, 0.15) is 5.75 Å². The minimum atomic E-state index is -4.83. The van der Waals surface area contributed by atoms with Crippen molar-refractivity contribution in [2.45, 2.75) is 65.1 Å². The van der Waals surface area contributed by atoms with Gasteiger partial charge in [0.2, 0.25) is 0 Å². The third kappa shape index (κ3) is 10.4. The number of hydrogen-bond acceptors (Lipinski definition) is 5. The van der Waals surface area contributed by atoms with Gasteiger partial charge in [-0.3, -0.25) is 9.59 Å². The number of rotatable bonds is 14. The van der Waals surface area contributed by atoms with Crippen LogP contribution in [0.15, 0.2) is 72.8 Å². The summed E-state index contributed by atoms with van der Waals surface area (Å²) in [6, 6.07) is 18.8. The van der Waals surface area contributed by atoms with Gasteiger partial charge in [0.05, 0.1) is 6.10 Å². The van der Waals surface area contributed by atoms with Gasteiger partial charge in [-0.2, -0.15) is 0 Å². The number of amides is 2. The van der Waals surface area contributed by atoms with Gasteiger partial charge in [-0.1, -0.05) is 56.3 Å². The minimum absolute atomic E-state index is 0.0530. The maximum Gasteiger partial charge on any atom is 0.573 e. The molecule has 0 radical (unpaired) electrons. The van der Waals surface area contributed by atoms with Gasteiger partial charge >= 0.3 is 6.36 Å². The van der Waals surface area contributed by atoms with E-state index in [1.54, 1.807) is 29.2 Å². The molecule has 0 bridgehead atoms. The van der Waals surface area contributed by atoms with Crippen molar-refractivity contribution in [1.82, 2.24) is 9.80 Å². The van der Waals surface area contributed by atoms with Crippen LogP contribution in [0.4, 0.5) is 13.2 Å². The van der Waals surface area contributed by atoms with E-state index in [1.807, 2.05) is 51.1 Å². The molecule has 0 aliphatic heterocycles. The zero-order valence-electron chi connectivity index (χ0n) is 24.8. The number of nitrogens with two attached hydrogens (primary N) is 1. The van der Waals surface area contributed by atoms with Crippen molar-refractivity contribution in [3.05, 3.63) is 101 Å². The largest absolute Gasteiger partial charge is 0.573 e. The van der Waals surface area contributed by atoms with Gasteiger partial charge in [-0.25, -0.2) is 0 Å². The molecule has 3 aromatic rings. The lowest BCUT2D eigenvalue weighted by Gasteiger charge is -2.29. The molecule has 0 unspecified atom stereocenters. The summed E-state index contributed by atoms with van der Waals surface area (Å²) in [7, 11) is 0. The summed E-state index contributed by atoms with van der Waals surface area (Å²) in [5.41, 5.74) is 9.04. The Morgan fingerprint density at radius 3 is 2.02 bits per heavy atom. The summed E-state index contributed by atoms with van der Waals surface area (Å²) in [6.45, 7) is 7.09. The maximum atomic E-state index is 13.9. The first-order valence-electron chi connectivity index (χ1n) is 14.4. The number of aliphatic hydroxyl groups excluding tert-OH is 1. The van der Waals surface area contributed by atoms with E-state index in [9.17, 15) is 27.9 Å². The topological polar surface area (TPSA) is 96.1 Å². The summed E-state index contributed by atoms with van der Waals surface area (Å²) >= 11 is 0. The van der Waals surface area contributed by atoms with Crippen molar-refractivity contribution in [2.75, 3.05) is 19.6 Å². The second-order valence-corrected chi connectivity index (χ2v) is 10.7. The molecule has 0 aliphatic rings. The fourth-order valence-corrected chi connectivity index (χ4v) is 4.91. The van der Waals surface area contributed by atoms with Gasteiger partial charge in [0.25, 0.3) is 11.8 Å². The zero-order valence-corrected chi connectivity index (χ0v) is 24.8. The summed E-state index contributed by atoms with van der Waals surface area (Å²) in [4.78, 5) is 30.5. The highest BCUT2D eigenvalue weighted by atomic mass is 19.4. The summed E-state index contributed by atoms with van der Waals surface area (Å²) < 4.78 is 42.0. The van der Waals surface area contributed by atoms with Crippen molar-refractivity contribution in [3.8, 4) is 5.75 Å². The predicted octanol–water partition coefficient (Wildman–Crippen LogP) is 5.73. The number of carbonyl (C=O) groups is 2. The van der Waals surface area contributed by atoms with Crippen molar-refractivity contribution in [3.63, 3.8) is 0 Å². The second-order valence-electron chi connectivity index (χ2n) is 10.7. The van der Waals surface area contributed by atoms with E-state index in [2.05, 4.69) is 4.74 Å². The van der Waals surface area contributed by atoms with Crippen molar-refractivity contribution in [1.29, 1.82) is 0 Å². The minimum Gasteiger partial charge on any atom is -0.406 e. The van der Waals surface area contributed by atoms with E-state index in [0.29, 0.717) is 29.8 Å². The molecule has 0 spiro atoms. The van der Waals surface area contributed by atoms with E-state index < -0.39 is 18.5 Å². The predicted molar refractivity (Wildman–Crippen MR) is 160 cm³/mol. The number of aliphatic hydroxyl groups is 1. The first-order valence-corrected chi connectivity index (χ1v) is 14.4. The smallest absolute Gasteiger partial charge is 0.406 e. The highest BCUT2D eigenvalue weighted by Crippen LogP contribution is 2.24. The number of ether oxygens (including phenoxy) is 1. The average molecular weight is 600 g/mol. The Bertz CT molecular complexity index is 1340. The molecule has 43 heavy (non-hydrogen) atoms. The molecular weight excluding hydrogens is 559 g/mol. The maximum absolute atomic E-state index is 13.9. The molecule has 0 aliphatic carbocycles. The Morgan fingerprint density at radius 1 is 0.860 bits per heavy atom. The Kier molecular flexibility index (Phi) is 12.1. The van der Waals surface area contributed by atoms with Crippen LogP contribution in [0.2, 0.25) is 0 Å². The molecule has 0 saturated carbocycles. The summed E-state index contributed by atoms with van der Waals surface area (Å²) in [5, 5.41) is 11.1. The van der Waals surface area contributed by atoms with Gasteiger partial charge in [-0.15, -0.1) is 13.2 Å². The zero-order chi connectivity index (χ0) is 31.6. The lowest BCUT2D eigenvalue weighted by Crippen LogP contribution is -2.46. The van der Waals surface area contributed by atoms with Crippen LogP contribution in [-0.2, 0) is 13.0 Å². The van der Waals surface area contributed by atoms with Gasteiger partial charge in [0, 0.05) is 43.3 Å². The molecule has 10 heteroatoms. The summed E-state index contributed by atoms with van der Waals surface area (Å²) in [6.07, 6.45) is -4.35. The van der Waals surface area contributed by atoms with Crippen LogP contribution in [0, 0.1) is 6.92 Å². The molecule has 0 aromatic heterocycles. The van der Waals surface area contributed by atoms with Crippen LogP contribution in [0.5, 0.6) is 5.75 Å². The number of carbonyl (C=O) groups excluding carboxylic acids is 2. The third-order valence-electron chi connectivity index (χ3n) is 6.85. The molecule has 3 N–H and O–H groups in total. The summed E-state index contributed by atoms with van der Waals surface area (Å²) in [5.74, 6) is -0.908. The number of halogens is 3. The molecule has 3 rings (SSSR count). The van der Waals surface area contributed by atoms with Crippen molar-refractivity contribution in [2.24, 2.45) is 5.73 Å². The normalized spacial score (nSPS) is 12.8. The van der Waals surface area contributed by atoms with Gasteiger partial charge in [0.15, 0.2) is 0 Å². The Hall–Kier alpha value is -3.89. The highest BCUT2D eigenvalue weighted by molar-refractivity contribution is 6.00. The Labute approximate surface area is 251 Å². The Balaban J connectivity index is 1.84. The van der Waals surface area contributed by atoms with Crippen LogP contribution >= 0.6 is 0 Å². The third-order valence-corrected chi connectivity index (χ3v) is 6.85. The first-order chi connectivity index (χ1) is 20.4. The second kappa shape index (κ2) is 15.5. The lowest BCUT2D eigenvalue weighted by atomic mass is 10.0. The molecule has 7 nitrogen and oxygen atoms in total. The number of benzene rings is 3. The first kappa shape index (κ1) is 33.6. The van der Waals surface area contributed by atoms with Crippen molar-refractivity contribution < 1.29 is 32.6 Å². The van der Waals surface area contributed by atoms with E-state index in [4.69, 9.17) is 5.73 Å². The number of aryl methyl sites for hydroxylation is 1. The molecule has 2 amide bonds.